The van der Waals surface area contributed by atoms with Gasteiger partial charge in [-0.3, -0.25) is 0 Å². The predicted octanol–water partition coefficient (Wildman–Crippen LogP) is 2.68. The van der Waals surface area contributed by atoms with Crippen molar-refractivity contribution in [1.82, 2.24) is 9.71 Å². The third-order valence-electron chi connectivity index (χ3n) is 3.94. The molecule has 3 aromatic rings. The Bertz CT molecular complexity index is 1020. The molecule has 1 aromatic heterocycles. The van der Waals surface area contributed by atoms with Gasteiger partial charge < -0.3 is 14.5 Å². The standard InChI is InChI=1S/C17H16N2O4S/c1-11-6-13-7-12(2-4-15(13)19-11)9-18-24(20,21)14-3-5-16-17(8-14)23-10-22-16/h2-8,18-19H,9-10H2,1H3. The van der Waals surface area contributed by atoms with E-state index >= 15 is 0 Å². The fourth-order valence-corrected chi connectivity index (χ4v) is 3.78. The molecule has 2 heterocycles. The van der Waals surface area contributed by atoms with E-state index in [9.17, 15) is 8.42 Å². The van der Waals surface area contributed by atoms with Crippen LogP contribution < -0.4 is 14.2 Å². The van der Waals surface area contributed by atoms with E-state index in [-0.39, 0.29) is 18.2 Å². The summed E-state index contributed by atoms with van der Waals surface area (Å²) in [5, 5.41) is 1.06. The van der Waals surface area contributed by atoms with Gasteiger partial charge in [0, 0.05) is 23.8 Å². The van der Waals surface area contributed by atoms with Gasteiger partial charge in [-0.05, 0) is 48.2 Å². The van der Waals surface area contributed by atoms with Crippen molar-refractivity contribution in [1.29, 1.82) is 0 Å². The van der Waals surface area contributed by atoms with Crippen molar-refractivity contribution in [3.05, 3.63) is 53.7 Å². The molecule has 2 N–H and O–H groups in total. The number of aromatic amines is 1. The van der Waals surface area contributed by atoms with Gasteiger partial charge in [0.05, 0.1) is 4.90 Å². The normalized spacial score (nSPS) is 13.5. The number of aromatic nitrogens is 1. The topological polar surface area (TPSA) is 80.4 Å². The second kappa shape index (κ2) is 5.54. The molecule has 0 amide bonds. The van der Waals surface area contributed by atoms with E-state index in [1.165, 1.54) is 12.1 Å². The van der Waals surface area contributed by atoms with Gasteiger partial charge in [-0.15, -0.1) is 0 Å². The molecule has 0 saturated carbocycles. The van der Waals surface area contributed by atoms with Crippen LogP contribution in [0.2, 0.25) is 0 Å². The van der Waals surface area contributed by atoms with E-state index in [2.05, 4.69) is 9.71 Å². The molecule has 124 valence electrons. The molecule has 4 rings (SSSR count). The van der Waals surface area contributed by atoms with Crippen LogP contribution in [0.4, 0.5) is 0 Å². The summed E-state index contributed by atoms with van der Waals surface area (Å²) in [6.45, 7) is 2.32. The Morgan fingerprint density at radius 1 is 1.08 bits per heavy atom. The molecule has 0 atom stereocenters. The number of benzene rings is 2. The zero-order valence-electron chi connectivity index (χ0n) is 13.0. The first-order valence-electron chi connectivity index (χ1n) is 7.49. The highest BCUT2D eigenvalue weighted by molar-refractivity contribution is 7.89. The minimum Gasteiger partial charge on any atom is -0.454 e. The summed E-state index contributed by atoms with van der Waals surface area (Å²) in [7, 11) is -3.62. The molecule has 0 fully saturated rings. The van der Waals surface area contributed by atoms with Gasteiger partial charge in [0.1, 0.15) is 0 Å². The Morgan fingerprint density at radius 2 is 1.92 bits per heavy atom. The van der Waals surface area contributed by atoms with Gasteiger partial charge in [0.15, 0.2) is 11.5 Å². The zero-order valence-corrected chi connectivity index (χ0v) is 13.8. The Labute approximate surface area is 139 Å². The van der Waals surface area contributed by atoms with E-state index in [0.717, 1.165) is 22.2 Å². The van der Waals surface area contributed by atoms with E-state index in [0.29, 0.717) is 11.5 Å². The quantitative estimate of drug-likeness (QED) is 0.762. The molecule has 1 aliphatic heterocycles. The van der Waals surface area contributed by atoms with Crippen LogP contribution in [0.25, 0.3) is 10.9 Å². The van der Waals surface area contributed by atoms with Crippen molar-refractivity contribution < 1.29 is 17.9 Å². The molecular formula is C17H16N2O4S. The van der Waals surface area contributed by atoms with Crippen molar-refractivity contribution in [2.24, 2.45) is 0 Å². The zero-order chi connectivity index (χ0) is 16.7. The van der Waals surface area contributed by atoms with Gasteiger partial charge in [-0.1, -0.05) is 6.07 Å². The minimum atomic E-state index is -3.62. The highest BCUT2D eigenvalue weighted by Crippen LogP contribution is 2.33. The van der Waals surface area contributed by atoms with Gasteiger partial charge in [0.2, 0.25) is 16.8 Å². The molecule has 1 aliphatic rings. The highest BCUT2D eigenvalue weighted by atomic mass is 32.2. The summed E-state index contributed by atoms with van der Waals surface area (Å²) in [5.41, 5.74) is 3.00. The van der Waals surface area contributed by atoms with E-state index in [1.54, 1.807) is 6.07 Å². The van der Waals surface area contributed by atoms with E-state index in [4.69, 9.17) is 9.47 Å². The third-order valence-corrected chi connectivity index (χ3v) is 5.34. The van der Waals surface area contributed by atoms with Crippen molar-refractivity contribution in [2.75, 3.05) is 6.79 Å². The summed E-state index contributed by atoms with van der Waals surface area (Å²) < 4.78 is 38.0. The average molecular weight is 344 g/mol. The molecule has 7 heteroatoms. The Kier molecular flexibility index (Phi) is 3.47. The number of hydrogen-bond donors (Lipinski definition) is 2. The van der Waals surface area contributed by atoms with Crippen LogP contribution >= 0.6 is 0 Å². The predicted molar refractivity (Wildman–Crippen MR) is 89.6 cm³/mol. The number of fused-ring (bicyclic) bond motifs is 2. The van der Waals surface area contributed by atoms with Crippen LogP contribution in [0.3, 0.4) is 0 Å². The summed E-state index contributed by atoms with van der Waals surface area (Å²) in [4.78, 5) is 3.40. The molecule has 0 spiro atoms. The maximum Gasteiger partial charge on any atom is 0.241 e. The molecule has 0 bridgehead atoms. The molecule has 2 aromatic carbocycles. The fraction of sp³-hybridized carbons (Fsp3) is 0.176. The van der Waals surface area contributed by atoms with Gasteiger partial charge >= 0.3 is 0 Å². The second-order valence-electron chi connectivity index (χ2n) is 5.71. The fourth-order valence-electron chi connectivity index (χ4n) is 2.74. The van der Waals surface area contributed by atoms with Gasteiger partial charge in [0.25, 0.3) is 0 Å². The molecule has 6 nitrogen and oxygen atoms in total. The van der Waals surface area contributed by atoms with Crippen LogP contribution in [0.1, 0.15) is 11.3 Å². The first-order valence-corrected chi connectivity index (χ1v) is 8.97. The van der Waals surface area contributed by atoms with Gasteiger partial charge in [-0.2, -0.15) is 0 Å². The molecule has 0 saturated heterocycles. The van der Waals surface area contributed by atoms with Crippen LogP contribution in [-0.2, 0) is 16.6 Å². The number of aryl methyl sites for hydroxylation is 1. The number of rotatable bonds is 4. The molecule has 0 radical (unpaired) electrons. The number of sulfonamides is 1. The number of nitrogens with one attached hydrogen (secondary N) is 2. The van der Waals surface area contributed by atoms with Crippen LogP contribution in [0.15, 0.2) is 47.4 Å². The first-order chi connectivity index (χ1) is 11.5. The van der Waals surface area contributed by atoms with E-state index in [1.807, 2.05) is 31.2 Å². The third kappa shape index (κ3) is 2.72. The van der Waals surface area contributed by atoms with Crippen molar-refractivity contribution >= 4 is 20.9 Å². The smallest absolute Gasteiger partial charge is 0.241 e. The molecule has 0 unspecified atom stereocenters. The van der Waals surface area contributed by atoms with E-state index < -0.39 is 10.0 Å². The minimum absolute atomic E-state index is 0.113. The summed E-state index contributed by atoms with van der Waals surface area (Å²) >= 11 is 0. The van der Waals surface area contributed by atoms with Crippen LogP contribution in [-0.4, -0.2) is 20.2 Å². The molecular weight excluding hydrogens is 328 g/mol. The van der Waals surface area contributed by atoms with Crippen molar-refractivity contribution in [3.63, 3.8) is 0 Å². The SMILES string of the molecule is Cc1cc2cc(CNS(=O)(=O)c3ccc4c(c3)OCO4)ccc2[nH]1. The lowest BCUT2D eigenvalue weighted by Crippen LogP contribution is -2.23. The number of hydrogen-bond acceptors (Lipinski definition) is 4. The monoisotopic (exact) mass is 344 g/mol. The maximum absolute atomic E-state index is 12.5. The van der Waals surface area contributed by atoms with Gasteiger partial charge in [-0.25, -0.2) is 13.1 Å². The van der Waals surface area contributed by atoms with Crippen LogP contribution in [0, 0.1) is 6.92 Å². The van der Waals surface area contributed by atoms with Crippen molar-refractivity contribution in [2.45, 2.75) is 18.4 Å². The maximum atomic E-state index is 12.5. The summed E-state index contributed by atoms with van der Waals surface area (Å²) in [5.74, 6) is 1.00. The summed E-state index contributed by atoms with van der Waals surface area (Å²) in [6.07, 6.45) is 0. The molecule has 0 aliphatic carbocycles. The number of H-pyrrole nitrogens is 1. The summed E-state index contributed by atoms with van der Waals surface area (Å²) in [6, 6.07) is 12.4. The lowest BCUT2D eigenvalue weighted by molar-refractivity contribution is 0.174. The largest absolute Gasteiger partial charge is 0.454 e. The number of ether oxygens (including phenoxy) is 2. The Morgan fingerprint density at radius 3 is 2.79 bits per heavy atom. The van der Waals surface area contributed by atoms with Crippen molar-refractivity contribution in [3.8, 4) is 11.5 Å². The lowest BCUT2D eigenvalue weighted by atomic mass is 10.1. The highest BCUT2D eigenvalue weighted by Gasteiger charge is 2.20. The van der Waals surface area contributed by atoms with Crippen LogP contribution in [0.5, 0.6) is 11.5 Å². The second-order valence-corrected chi connectivity index (χ2v) is 7.48. The Hall–Kier alpha value is -2.51. The Balaban J connectivity index is 1.54. The molecule has 24 heavy (non-hydrogen) atoms. The first kappa shape index (κ1) is 15.0. The average Bonchev–Trinajstić information content (AvgIpc) is 3.16. The lowest BCUT2D eigenvalue weighted by Gasteiger charge is -2.08.